The minimum Gasteiger partial charge on any atom is -0.494 e. The van der Waals surface area contributed by atoms with Crippen LogP contribution in [-0.4, -0.2) is 44.0 Å². The van der Waals surface area contributed by atoms with Crippen LogP contribution in [0, 0.1) is 17.3 Å². The Hall–Kier alpha value is -1.79. The first-order valence-corrected chi connectivity index (χ1v) is 13.9. The zero-order chi connectivity index (χ0) is 25.1. The van der Waals surface area contributed by atoms with E-state index in [4.69, 9.17) is 15.2 Å². The molecular weight excluding hydrogens is 438 g/mol. The van der Waals surface area contributed by atoms with Crippen LogP contribution < -0.4 is 21.1 Å². The first kappa shape index (κ1) is 26.3. The summed E-state index contributed by atoms with van der Waals surface area (Å²) in [6, 6.07) is 7.42. The summed E-state index contributed by atoms with van der Waals surface area (Å²) in [5.41, 5.74) is 8.74. The Morgan fingerprint density at radius 2 is 1.97 bits per heavy atom. The number of rotatable bonds is 9. The number of nitrogens with one attached hydrogen (secondary N) is 2. The van der Waals surface area contributed by atoms with Gasteiger partial charge >= 0.3 is 6.09 Å². The summed E-state index contributed by atoms with van der Waals surface area (Å²) in [7, 11) is 0. The molecule has 35 heavy (non-hydrogen) atoms. The number of alkyl carbamates (subject to hydrolysis) is 1. The number of ether oxygens (including phenoxy) is 2. The first-order valence-electron chi connectivity index (χ1n) is 13.9. The maximum atomic E-state index is 11.8. The molecule has 1 amide bonds. The topological polar surface area (TPSA) is 85.6 Å². The lowest BCUT2D eigenvalue weighted by molar-refractivity contribution is 0.0413. The highest BCUT2D eigenvalue weighted by molar-refractivity contribution is 5.67. The third kappa shape index (κ3) is 6.14. The fourth-order valence-electron chi connectivity index (χ4n) is 7.13. The van der Waals surface area contributed by atoms with Crippen LogP contribution in [0.1, 0.15) is 89.7 Å². The second kappa shape index (κ2) is 11.1. The highest BCUT2D eigenvalue weighted by Crippen LogP contribution is 2.60. The number of fused-ring (bicyclic) bond motifs is 5. The van der Waals surface area contributed by atoms with E-state index in [2.05, 4.69) is 35.8 Å². The molecule has 4 rings (SSSR count). The van der Waals surface area contributed by atoms with Crippen molar-refractivity contribution < 1.29 is 14.3 Å². The van der Waals surface area contributed by atoms with Crippen molar-refractivity contribution >= 4 is 6.09 Å². The van der Waals surface area contributed by atoms with E-state index in [0.717, 1.165) is 49.9 Å². The van der Waals surface area contributed by atoms with E-state index >= 15 is 0 Å². The molecule has 196 valence electrons. The fraction of sp³-hybridized carbons (Fsp3) is 0.759. The van der Waals surface area contributed by atoms with E-state index in [1.165, 1.54) is 37.7 Å². The van der Waals surface area contributed by atoms with Crippen LogP contribution in [0.2, 0.25) is 0 Å². The molecule has 0 radical (unpaired) electrons. The van der Waals surface area contributed by atoms with Crippen molar-refractivity contribution in [3.8, 4) is 5.75 Å². The molecule has 0 aromatic heterocycles. The highest BCUT2D eigenvalue weighted by atomic mass is 16.6. The van der Waals surface area contributed by atoms with Crippen LogP contribution >= 0.6 is 0 Å². The van der Waals surface area contributed by atoms with Gasteiger partial charge in [0.15, 0.2) is 0 Å². The molecule has 6 nitrogen and oxygen atoms in total. The molecular formula is C29H47N3O3. The molecule has 4 N–H and O–H groups in total. The number of carbonyl (C=O) groups excluding carboxylic acids is 1. The molecule has 0 saturated heterocycles. The summed E-state index contributed by atoms with van der Waals surface area (Å²) in [5, 5.41) is 6.66. The number of carbonyl (C=O) groups is 1. The largest absolute Gasteiger partial charge is 0.494 e. The van der Waals surface area contributed by atoms with Crippen molar-refractivity contribution in [1.29, 1.82) is 0 Å². The van der Waals surface area contributed by atoms with E-state index in [1.54, 1.807) is 5.56 Å². The van der Waals surface area contributed by atoms with Gasteiger partial charge in [0.25, 0.3) is 0 Å². The van der Waals surface area contributed by atoms with Crippen LogP contribution in [0.15, 0.2) is 18.2 Å². The monoisotopic (exact) mass is 485 g/mol. The third-order valence-corrected chi connectivity index (χ3v) is 8.73. The smallest absolute Gasteiger partial charge is 0.407 e. The zero-order valence-corrected chi connectivity index (χ0v) is 22.3. The van der Waals surface area contributed by atoms with Crippen LogP contribution in [0.25, 0.3) is 0 Å². The lowest BCUT2D eigenvalue weighted by Crippen LogP contribution is -2.49. The van der Waals surface area contributed by atoms with Crippen molar-refractivity contribution in [3.05, 3.63) is 29.3 Å². The molecule has 5 atom stereocenters. The Labute approximate surface area is 212 Å². The average Bonchev–Trinajstić information content (AvgIpc) is 3.14. The lowest BCUT2D eigenvalue weighted by atomic mass is 9.55. The van der Waals surface area contributed by atoms with Gasteiger partial charge in [0.05, 0.1) is 6.61 Å². The Bertz CT molecular complexity index is 867. The molecule has 1 aromatic rings. The van der Waals surface area contributed by atoms with Crippen molar-refractivity contribution in [2.45, 2.75) is 96.6 Å². The highest BCUT2D eigenvalue weighted by Gasteiger charge is 2.54. The summed E-state index contributed by atoms with van der Waals surface area (Å²) in [6.07, 6.45) is 9.22. The molecule has 0 spiro atoms. The summed E-state index contributed by atoms with van der Waals surface area (Å²) >= 11 is 0. The van der Waals surface area contributed by atoms with Gasteiger partial charge in [-0.05, 0) is 132 Å². The maximum absolute atomic E-state index is 11.8. The molecule has 0 bridgehead atoms. The Kier molecular flexibility index (Phi) is 8.32. The van der Waals surface area contributed by atoms with E-state index < -0.39 is 5.60 Å². The minimum absolute atomic E-state index is 0.371. The van der Waals surface area contributed by atoms with Gasteiger partial charge in [-0.25, -0.2) is 4.79 Å². The van der Waals surface area contributed by atoms with Gasteiger partial charge in [0, 0.05) is 12.6 Å². The molecule has 3 aliphatic carbocycles. The molecule has 1 aromatic carbocycles. The second-order valence-electron chi connectivity index (χ2n) is 12.2. The van der Waals surface area contributed by atoms with E-state index in [-0.39, 0.29) is 6.09 Å². The van der Waals surface area contributed by atoms with Crippen LogP contribution in [-0.2, 0) is 11.2 Å². The minimum atomic E-state index is -0.472. The van der Waals surface area contributed by atoms with Gasteiger partial charge < -0.3 is 25.8 Å². The molecule has 2 fully saturated rings. The SMILES string of the molecule is CC(C)(C)OC(=O)NCCCOc1ccc2c(c1)CC[C@@H]1[C@@H]2CC[C@]2(C)[C@@H](NCCCN)CC[C@@H]12. The molecule has 0 aliphatic heterocycles. The standard InChI is InChI=1S/C29H47N3O3/c1-28(2,3)35-27(33)32-17-6-18-34-21-8-10-22-20(19-21)7-9-24-23(22)13-14-29(4)25(24)11-12-26(29)31-16-5-15-30/h8,10,19,23-26,31H,5-7,9,11-18,30H2,1-4H3,(H,32,33)/t23-,24-,25+,26+,29+/m1/s1. The maximum Gasteiger partial charge on any atom is 0.407 e. The predicted octanol–water partition coefficient (Wildman–Crippen LogP) is 5.14. The fourth-order valence-corrected chi connectivity index (χ4v) is 7.13. The van der Waals surface area contributed by atoms with Crippen LogP contribution in [0.4, 0.5) is 4.79 Å². The number of benzene rings is 1. The van der Waals surface area contributed by atoms with Gasteiger partial charge in [-0.3, -0.25) is 0 Å². The number of aryl methyl sites for hydroxylation is 1. The zero-order valence-electron chi connectivity index (χ0n) is 22.3. The Morgan fingerprint density at radius 1 is 1.14 bits per heavy atom. The van der Waals surface area contributed by atoms with Gasteiger partial charge in [0.2, 0.25) is 0 Å². The van der Waals surface area contributed by atoms with Crippen molar-refractivity contribution in [3.63, 3.8) is 0 Å². The van der Waals surface area contributed by atoms with Crippen molar-refractivity contribution in [2.24, 2.45) is 23.0 Å². The quantitative estimate of drug-likeness (QED) is 0.422. The van der Waals surface area contributed by atoms with E-state index in [1.807, 2.05) is 20.8 Å². The molecule has 0 heterocycles. The molecule has 3 aliphatic rings. The number of hydrogen-bond acceptors (Lipinski definition) is 5. The third-order valence-electron chi connectivity index (χ3n) is 8.73. The lowest BCUT2D eigenvalue weighted by Gasteiger charge is -2.51. The van der Waals surface area contributed by atoms with Crippen LogP contribution in [0.5, 0.6) is 5.75 Å². The number of amides is 1. The van der Waals surface area contributed by atoms with Crippen LogP contribution in [0.3, 0.4) is 0 Å². The van der Waals surface area contributed by atoms with Crippen molar-refractivity contribution in [1.82, 2.24) is 10.6 Å². The first-order chi connectivity index (χ1) is 16.7. The summed E-state index contributed by atoms with van der Waals surface area (Å²) in [5.74, 6) is 3.29. The number of nitrogens with two attached hydrogens (primary N) is 1. The van der Waals surface area contributed by atoms with Gasteiger partial charge in [-0.15, -0.1) is 0 Å². The van der Waals surface area contributed by atoms with Gasteiger partial charge in [0.1, 0.15) is 11.4 Å². The summed E-state index contributed by atoms with van der Waals surface area (Å²) in [6.45, 7) is 11.1. The molecule has 0 unspecified atom stereocenters. The van der Waals surface area contributed by atoms with Gasteiger partial charge in [-0.1, -0.05) is 13.0 Å². The predicted molar refractivity (Wildman–Crippen MR) is 141 cm³/mol. The number of hydrogen-bond donors (Lipinski definition) is 3. The molecule has 2 saturated carbocycles. The second-order valence-corrected chi connectivity index (χ2v) is 12.2. The normalized spacial score (nSPS) is 29.6. The van der Waals surface area contributed by atoms with Crippen molar-refractivity contribution in [2.75, 3.05) is 26.2 Å². The Morgan fingerprint density at radius 3 is 2.74 bits per heavy atom. The summed E-state index contributed by atoms with van der Waals surface area (Å²) in [4.78, 5) is 11.8. The average molecular weight is 486 g/mol. The molecule has 6 heteroatoms. The Balaban J connectivity index is 1.29. The van der Waals surface area contributed by atoms with E-state index in [9.17, 15) is 4.79 Å². The van der Waals surface area contributed by atoms with Gasteiger partial charge in [-0.2, -0.15) is 0 Å². The van der Waals surface area contributed by atoms with E-state index in [0.29, 0.717) is 30.5 Å². The summed E-state index contributed by atoms with van der Waals surface area (Å²) < 4.78 is 11.3.